The van der Waals surface area contributed by atoms with Gasteiger partial charge in [0.2, 0.25) is 0 Å². The lowest BCUT2D eigenvalue weighted by Gasteiger charge is -2.21. The normalized spacial score (nSPS) is 15.8. The molecule has 3 rings (SSSR count). The lowest BCUT2D eigenvalue weighted by molar-refractivity contribution is 0.0690. The van der Waals surface area contributed by atoms with Crippen LogP contribution in [0.15, 0.2) is 24.4 Å². The van der Waals surface area contributed by atoms with Crippen LogP contribution in [-0.2, 0) is 0 Å². The Hall–Kier alpha value is -2.04. The first-order valence-electron chi connectivity index (χ1n) is 7.08. The largest absolute Gasteiger partial charge is 0.476 e. The monoisotopic (exact) mass is 273 g/mol. The summed E-state index contributed by atoms with van der Waals surface area (Å²) in [6.07, 6.45) is 6.80. The fourth-order valence-corrected chi connectivity index (χ4v) is 3.11. The summed E-state index contributed by atoms with van der Waals surface area (Å²) in [4.78, 5) is 18.0. The molecule has 0 spiro atoms. The van der Waals surface area contributed by atoms with Gasteiger partial charge in [0.15, 0.2) is 11.5 Å². The molecule has 5 heteroatoms. The summed E-state index contributed by atoms with van der Waals surface area (Å²) in [5.74, 6) is 0.291. The van der Waals surface area contributed by atoms with Crippen LogP contribution in [0.2, 0.25) is 0 Å². The van der Waals surface area contributed by atoms with Crippen LogP contribution in [0.3, 0.4) is 0 Å². The van der Waals surface area contributed by atoms with Crippen molar-refractivity contribution in [1.29, 1.82) is 0 Å². The minimum Gasteiger partial charge on any atom is -0.476 e. The van der Waals surface area contributed by atoms with Crippen molar-refractivity contribution in [3.05, 3.63) is 30.1 Å². The second-order valence-corrected chi connectivity index (χ2v) is 5.55. The zero-order valence-corrected chi connectivity index (χ0v) is 11.6. The third-order valence-electron chi connectivity index (χ3n) is 4.08. The van der Waals surface area contributed by atoms with Gasteiger partial charge in [0.1, 0.15) is 5.65 Å². The van der Waals surface area contributed by atoms with Gasteiger partial charge in [-0.05, 0) is 30.9 Å². The highest BCUT2D eigenvalue weighted by Gasteiger charge is 2.24. The van der Waals surface area contributed by atoms with Crippen molar-refractivity contribution in [2.75, 3.05) is 18.5 Å². The third-order valence-corrected chi connectivity index (χ3v) is 4.08. The standard InChI is InChI=1S/C15H19N3O2/c1-17(10-11-6-2-3-7-11)14-13(15(19)20)18-9-5-4-8-12(18)16-14/h4-5,8-9,11H,2-3,6-7,10H2,1H3,(H,19,20). The summed E-state index contributed by atoms with van der Waals surface area (Å²) >= 11 is 0. The molecule has 1 saturated carbocycles. The first-order chi connectivity index (χ1) is 9.66. The maximum Gasteiger partial charge on any atom is 0.356 e. The quantitative estimate of drug-likeness (QED) is 0.930. The van der Waals surface area contributed by atoms with E-state index in [9.17, 15) is 9.90 Å². The molecule has 2 aromatic heterocycles. The summed E-state index contributed by atoms with van der Waals surface area (Å²) in [6, 6.07) is 5.52. The van der Waals surface area contributed by atoms with Crippen molar-refractivity contribution in [3.8, 4) is 0 Å². The van der Waals surface area contributed by atoms with Crippen LogP contribution in [0.1, 0.15) is 36.2 Å². The van der Waals surface area contributed by atoms with Gasteiger partial charge < -0.3 is 10.0 Å². The minimum atomic E-state index is -0.933. The molecule has 0 unspecified atom stereocenters. The average Bonchev–Trinajstić information content (AvgIpc) is 3.04. The predicted octanol–water partition coefficient (Wildman–Crippen LogP) is 2.66. The Kier molecular flexibility index (Phi) is 3.34. The van der Waals surface area contributed by atoms with Crippen LogP contribution in [-0.4, -0.2) is 34.1 Å². The number of anilines is 1. The van der Waals surface area contributed by atoms with E-state index in [1.54, 1.807) is 10.6 Å². The van der Waals surface area contributed by atoms with Crippen LogP contribution in [0, 0.1) is 5.92 Å². The Labute approximate surface area is 117 Å². The van der Waals surface area contributed by atoms with Crippen LogP contribution in [0.4, 0.5) is 5.82 Å². The number of aromatic nitrogens is 2. The van der Waals surface area contributed by atoms with Crippen LogP contribution in [0.5, 0.6) is 0 Å². The highest BCUT2D eigenvalue weighted by molar-refractivity contribution is 5.93. The Morgan fingerprint density at radius 3 is 2.90 bits per heavy atom. The van der Waals surface area contributed by atoms with Crippen molar-refractivity contribution in [2.45, 2.75) is 25.7 Å². The van der Waals surface area contributed by atoms with Gasteiger partial charge in [0, 0.05) is 19.8 Å². The van der Waals surface area contributed by atoms with E-state index in [1.165, 1.54) is 25.7 Å². The fraction of sp³-hybridized carbons (Fsp3) is 0.467. The van der Waals surface area contributed by atoms with Crippen molar-refractivity contribution < 1.29 is 9.90 Å². The van der Waals surface area contributed by atoms with Crippen LogP contribution in [0.25, 0.3) is 5.65 Å². The molecule has 106 valence electrons. The molecule has 0 radical (unpaired) electrons. The summed E-state index contributed by atoms with van der Waals surface area (Å²) in [5.41, 5.74) is 0.930. The van der Waals surface area contributed by atoms with Gasteiger partial charge in [-0.3, -0.25) is 4.40 Å². The molecule has 1 aliphatic rings. The lowest BCUT2D eigenvalue weighted by atomic mass is 10.1. The number of fused-ring (bicyclic) bond motifs is 1. The van der Waals surface area contributed by atoms with Gasteiger partial charge in [-0.25, -0.2) is 9.78 Å². The number of pyridine rings is 1. The van der Waals surface area contributed by atoms with Gasteiger partial charge in [0.25, 0.3) is 0 Å². The number of carboxylic acids is 1. The molecular weight excluding hydrogens is 254 g/mol. The number of imidazole rings is 1. The number of carbonyl (C=O) groups is 1. The smallest absolute Gasteiger partial charge is 0.356 e. The highest BCUT2D eigenvalue weighted by Crippen LogP contribution is 2.28. The second kappa shape index (κ2) is 5.15. The Balaban J connectivity index is 1.96. The molecule has 0 amide bonds. The summed E-state index contributed by atoms with van der Waals surface area (Å²) in [7, 11) is 1.94. The van der Waals surface area contributed by atoms with Crippen molar-refractivity contribution >= 4 is 17.4 Å². The second-order valence-electron chi connectivity index (χ2n) is 5.55. The molecule has 2 heterocycles. The van der Waals surface area contributed by atoms with Gasteiger partial charge in [0.05, 0.1) is 0 Å². The number of aromatic carboxylic acids is 1. The van der Waals surface area contributed by atoms with Crippen molar-refractivity contribution in [2.24, 2.45) is 5.92 Å². The van der Waals surface area contributed by atoms with Gasteiger partial charge >= 0.3 is 5.97 Å². The maximum atomic E-state index is 11.6. The molecule has 0 bridgehead atoms. The number of carboxylic acid groups (broad SMARTS) is 1. The molecule has 0 aliphatic heterocycles. The minimum absolute atomic E-state index is 0.251. The van der Waals surface area contributed by atoms with E-state index in [4.69, 9.17) is 0 Å². The Morgan fingerprint density at radius 2 is 2.20 bits per heavy atom. The average molecular weight is 273 g/mol. The summed E-state index contributed by atoms with van der Waals surface area (Å²) in [6.45, 7) is 0.879. The van der Waals surface area contributed by atoms with E-state index in [2.05, 4.69) is 4.98 Å². The zero-order chi connectivity index (χ0) is 14.1. The van der Waals surface area contributed by atoms with Crippen LogP contribution >= 0.6 is 0 Å². The Bertz CT molecular complexity index is 629. The molecule has 1 N–H and O–H groups in total. The fourth-order valence-electron chi connectivity index (χ4n) is 3.11. The van der Waals surface area contributed by atoms with E-state index in [0.717, 1.165) is 6.54 Å². The summed E-state index contributed by atoms with van der Waals surface area (Å²) < 4.78 is 1.64. The molecule has 1 aliphatic carbocycles. The number of rotatable bonds is 4. The molecule has 0 saturated heterocycles. The maximum absolute atomic E-state index is 11.6. The van der Waals surface area contributed by atoms with Gasteiger partial charge in [-0.1, -0.05) is 18.9 Å². The molecule has 0 aromatic carbocycles. The van der Waals surface area contributed by atoms with Crippen molar-refractivity contribution in [3.63, 3.8) is 0 Å². The first-order valence-corrected chi connectivity index (χ1v) is 7.08. The van der Waals surface area contributed by atoms with Crippen LogP contribution < -0.4 is 4.90 Å². The number of nitrogens with zero attached hydrogens (tertiary/aromatic N) is 3. The SMILES string of the molecule is CN(CC1CCCC1)c1nc2ccccn2c1C(=O)O. The van der Waals surface area contributed by atoms with E-state index < -0.39 is 5.97 Å². The first kappa shape index (κ1) is 13.0. The lowest BCUT2D eigenvalue weighted by Crippen LogP contribution is -2.26. The van der Waals surface area contributed by atoms with E-state index in [1.807, 2.05) is 30.1 Å². The van der Waals surface area contributed by atoms with E-state index in [0.29, 0.717) is 17.4 Å². The highest BCUT2D eigenvalue weighted by atomic mass is 16.4. The molecule has 0 atom stereocenters. The molecular formula is C15H19N3O2. The molecule has 5 nitrogen and oxygen atoms in total. The number of hydrogen-bond acceptors (Lipinski definition) is 3. The number of hydrogen-bond donors (Lipinski definition) is 1. The summed E-state index contributed by atoms with van der Waals surface area (Å²) in [5, 5.41) is 9.47. The van der Waals surface area contributed by atoms with Crippen molar-refractivity contribution in [1.82, 2.24) is 9.38 Å². The zero-order valence-electron chi connectivity index (χ0n) is 11.6. The van der Waals surface area contributed by atoms with Gasteiger partial charge in [-0.2, -0.15) is 0 Å². The molecule has 1 fully saturated rings. The van der Waals surface area contributed by atoms with Gasteiger partial charge in [-0.15, -0.1) is 0 Å². The van der Waals surface area contributed by atoms with E-state index in [-0.39, 0.29) is 5.69 Å². The van der Waals surface area contributed by atoms with E-state index >= 15 is 0 Å². The predicted molar refractivity (Wildman–Crippen MR) is 77.4 cm³/mol. The molecule has 20 heavy (non-hydrogen) atoms. The topological polar surface area (TPSA) is 57.8 Å². The molecule has 2 aromatic rings. The Morgan fingerprint density at radius 1 is 1.45 bits per heavy atom. The third kappa shape index (κ3) is 2.24.